The van der Waals surface area contributed by atoms with Gasteiger partial charge < -0.3 is 14.8 Å². The largest absolute Gasteiger partial charge is 0.493 e. The summed E-state index contributed by atoms with van der Waals surface area (Å²) in [5.41, 5.74) is 0.956. The maximum absolute atomic E-state index is 12.1. The minimum atomic E-state index is -2.84. The molecule has 0 amide bonds. The molecule has 17 heavy (non-hydrogen) atoms. The molecule has 0 unspecified atom stereocenters. The Morgan fingerprint density at radius 1 is 1.24 bits per heavy atom. The Morgan fingerprint density at radius 3 is 2.47 bits per heavy atom. The SMILES string of the molecule is COc1cc(CNC(C)C)ccc1OC(F)F. The first-order valence-corrected chi connectivity index (χ1v) is 5.38. The first-order chi connectivity index (χ1) is 8.02. The Labute approximate surface area is 99.7 Å². The molecule has 0 radical (unpaired) electrons. The smallest absolute Gasteiger partial charge is 0.387 e. The van der Waals surface area contributed by atoms with Crippen LogP contribution in [0.2, 0.25) is 0 Å². The number of nitrogens with one attached hydrogen (secondary N) is 1. The molecule has 0 saturated carbocycles. The quantitative estimate of drug-likeness (QED) is 0.836. The standard InChI is InChI=1S/C12H17F2NO2/c1-8(2)15-7-9-4-5-10(17-12(13)14)11(6-9)16-3/h4-6,8,12,15H,7H2,1-3H3. The Kier molecular flexibility index (Phi) is 5.15. The van der Waals surface area contributed by atoms with Crippen molar-refractivity contribution < 1.29 is 18.3 Å². The highest BCUT2D eigenvalue weighted by Gasteiger charge is 2.10. The first kappa shape index (κ1) is 13.7. The van der Waals surface area contributed by atoms with Gasteiger partial charge in [0, 0.05) is 12.6 Å². The Morgan fingerprint density at radius 2 is 1.94 bits per heavy atom. The van der Waals surface area contributed by atoms with Crippen LogP contribution >= 0.6 is 0 Å². The van der Waals surface area contributed by atoms with E-state index in [-0.39, 0.29) is 5.75 Å². The van der Waals surface area contributed by atoms with E-state index in [2.05, 4.69) is 10.1 Å². The maximum atomic E-state index is 12.1. The van der Waals surface area contributed by atoms with Crippen molar-refractivity contribution in [3.05, 3.63) is 23.8 Å². The summed E-state index contributed by atoms with van der Waals surface area (Å²) in [7, 11) is 1.42. The summed E-state index contributed by atoms with van der Waals surface area (Å²) in [6.45, 7) is 1.88. The Bertz CT molecular complexity index is 356. The lowest BCUT2D eigenvalue weighted by atomic mass is 10.2. The number of hydrogen-bond donors (Lipinski definition) is 1. The van der Waals surface area contributed by atoms with Crippen molar-refractivity contribution in [1.82, 2.24) is 5.32 Å². The van der Waals surface area contributed by atoms with Gasteiger partial charge in [-0.05, 0) is 17.7 Å². The van der Waals surface area contributed by atoms with Crippen molar-refractivity contribution in [2.24, 2.45) is 0 Å². The van der Waals surface area contributed by atoms with Crippen LogP contribution in [0.4, 0.5) is 8.78 Å². The van der Waals surface area contributed by atoms with Crippen LogP contribution in [0.25, 0.3) is 0 Å². The van der Waals surface area contributed by atoms with E-state index in [4.69, 9.17) is 4.74 Å². The molecule has 0 aromatic heterocycles. The summed E-state index contributed by atoms with van der Waals surface area (Å²) in [5.74, 6) is 0.365. The zero-order valence-corrected chi connectivity index (χ0v) is 10.2. The van der Waals surface area contributed by atoms with Crippen molar-refractivity contribution in [2.75, 3.05) is 7.11 Å². The molecule has 0 atom stereocenters. The highest BCUT2D eigenvalue weighted by atomic mass is 19.3. The fourth-order valence-electron chi connectivity index (χ4n) is 1.34. The fourth-order valence-corrected chi connectivity index (χ4v) is 1.34. The number of alkyl halides is 2. The van der Waals surface area contributed by atoms with E-state index >= 15 is 0 Å². The molecular weight excluding hydrogens is 228 g/mol. The van der Waals surface area contributed by atoms with Gasteiger partial charge in [-0.1, -0.05) is 19.9 Å². The molecule has 1 N–H and O–H groups in total. The van der Waals surface area contributed by atoms with Gasteiger partial charge >= 0.3 is 6.61 Å². The third-order valence-corrected chi connectivity index (χ3v) is 2.16. The lowest BCUT2D eigenvalue weighted by Crippen LogP contribution is -2.21. The summed E-state index contributed by atoms with van der Waals surface area (Å²) < 4.78 is 33.5. The number of ether oxygens (including phenoxy) is 2. The second kappa shape index (κ2) is 6.39. The van der Waals surface area contributed by atoms with Crippen LogP contribution in [0.1, 0.15) is 19.4 Å². The number of hydrogen-bond acceptors (Lipinski definition) is 3. The zero-order valence-electron chi connectivity index (χ0n) is 10.2. The molecule has 1 aromatic rings. The van der Waals surface area contributed by atoms with Crippen LogP contribution in [0.3, 0.4) is 0 Å². The van der Waals surface area contributed by atoms with Crippen LogP contribution in [0.15, 0.2) is 18.2 Å². The molecule has 0 spiro atoms. The van der Waals surface area contributed by atoms with Crippen LogP contribution in [0, 0.1) is 0 Å². The second-order valence-corrected chi connectivity index (χ2v) is 3.90. The minimum Gasteiger partial charge on any atom is -0.493 e. The molecule has 3 nitrogen and oxygen atoms in total. The summed E-state index contributed by atoms with van der Waals surface area (Å²) in [5, 5.41) is 3.23. The predicted octanol–water partition coefficient (Wildman–Crippen LogP) is 2.79. The van der Waals surface area contributed by atoms with E-state index in [0.29, 0.717) is 18.3 Å². The topological polar surface area (TPSA) is 30.5 Å². The van der Waals surface area contributed by atoms with Crippen molar-refractivity contribution >= 4 is 0 Å². The minimum absolute atomic E-state index is 0.0517. The molecule has 5 heteroatoms. The van der Waals surface area contributed by atoms with E-state index in [1.54, 1.807) is 12.1 Å². The molecule has 0 bridgehead atoms. The number of methoxy groups -OCH3 is 1. The van der Waals surface area contributed by atoms with Gasteiger partial charge in [0.1, 0.15) is 0 Å². The summed E-state index contributed by atoms with van der Waals surface area (Å²) in [4.78, 5) is 0. The molecule has 1 rings (SSSR count). The van der Waals surface area contributed by atoms with Gasteiger partial charge in [-0.15, -0.1) is 0 Å². The van der Waals surface area contributed by atoms with Gasteiger partial charge in [0.05, 0.1) is 7.11 Å². The van der Waals surface area contributed by atoms with Gasteiger partial charge in [0.15, 0.2) is 11.5 Å². The Balaban J connectivity index is 2.77. The lowest BCUT2D eigenvalue weighted by Gasteiger charge is -2.12. The summed E-state index contributed by atoms with van der Waals surface area (Å²) >= 11 is 0. The summed E-state index contributed by atoms with van der Waals surface area (Å²) in [6, 6.07) is 5.27. The molecule has 0 fully saturated rings. The number of halogens is 2. The van der Waals surface area contributed by atoms with Crippen LogP contribution in [-0.4, -0.2) is 19.8 Å². The molecule has 0 aliphatic rings. The normalized spacial score (nSPS) is 11.0. The maximum Gasteiger partial charge on any atom is 0.387 e. The first-order valence-electron chi connectivity index (χ1n) is 5.38. The molecule has 0 aliphatic carbocycles. The fraction of sp³-hybridized carbons (Fsp3) is 0.500. The average molecular weight is 245 g/mol. The molecular formula is C12H17F2NO2. The van der Waals surface area contributed by atoms with Crippen LogP contribution < -0.4 is 14.8 Å². The van der Waals surface area contributed by atoms with Gasteiger partial charge in [-0.3, -0.25) is 0 Å². The third-order valence-electron chi connectivity index (χ3n) is 2.16. The van der Waals surface area contributed by atoms with Gasteiger partial charge in [-0.2, -0.15) is 8.78 Å². The van der Waals surface area contributed by atoms with Crippen molar-refractivity contribution in [3.8, 4) is 11.5 Å². The van der Waals surface area contributed by atoms with Gasteiger partial charge in [0.25, 0.3) is 0 Å². The van der Waals surface area contributed by atoms with E-state index < -0.39 is 6.61 Å². The predicted molar refractivity (Wildman–Crippen MR) is 61.6 cm³/mol. The van der Waals surface area contributed by atoms with Gasteiger partial charge in [0.2, 0.25) is 0 Å². The van der Waals surface area contributed by atoms with Crippen molar-refractivity contribution in [3.63, 3.8) is 0 Å². The molecule has 0 heterocycles. The van der Waals surface area contributed by atoms with Gasteiger partial charge in [-0.25, -0.2) is 0 Å². The van der Waals surface area contributed by atoms with Crippen LogP contribution in [-0.2, 0) is 6.54 Å². The molecule has 1 aromatic carbocycles. The average Bonchev–Trinajstić information content (AvgIpc) is 2.26. The van der Waals surface area contributed by atoms with E-state index in [9.17, 15) is 8.78 Å². The zero-order chi connectivity index (χ0) is 12.8. The molecule has 96 valence electrons. The van der Waals surface area contributed by atoms with Crippen LogP contribution in [0.5, 0.6) is 11.5 Å². The lowest BCUT2D eigenvalue weighted by molar-refractivity contribution is -0.0512. The second-order valence-electron chi connectivity index (χ2n) is 3.90. The molecule has 0 aliphatic heterocycles. The van der Waals surface area contributed by atoms with E-state index in [1.165, 1.54) is 13.2 Å². The van der Waals surface area contributed by atoms with Crippen molar-refractivity contribution in [2.45, 2.75) is 33.0 Å². The monoisotopic (exact) mass is 245 g/mol. The molecule has 0 saturated heterocycles. The van der Waals surface area contributed by atoms with E-state index in [0.717, 1.165) is 5.56 Å². The van der Waals surface area contributed by atoms with Crippen molar-refractivity contribution in [1.29, 1.82) is 0 Å². The third kappa shape index (κ3) is 4.56. The highest BCUT2D eigenvalue weighted by molar-refractivity contribution is 5.42. The van der Waals surface area contributed by atoms with E-state index in [1.807, 2.05) is 13.8 Å². The highest BCUT2D eigenvalue weighted by Crippen LogP contribution is 2.29. The summed E-state index contributed by atoms with van der Waals surface area (Å²) in [6.07, 6.45) is 0. The number of rotatable bonds is 6. The number of benzene rings is 1. The Hall–Kier alpha value is -1.36.